The van der Waals surface area contributed by atoms with Crippen LogP contribution in [0.4, 0.5) is 0 Å². The minimum absolute atomic E-state index is 0.0483. The predicted molar refractivity (Wildman–Crippen MR) is 83.6 cm³/mol. The molecule has 1 aliphatic heterocycles. The summed E-state index contributed by atoms with van der Waals surface area (Å²) in [7, 11) is -1.40. The summed E-state index contributed by atoms with van der Waals surface area (Å²) in [6, 6.07) is 3.66. The summed E-state index contributed by atoms with van der Waals surface area (Å²) in [6.07, 6.45) is 3.85. The van der Waals surface area contributed by atoms with E-state index in [0.717, 1.165) is 5.56 Å². The van der Waals surface area contributed by atoms with Gasteiger partial charge in [0.2, 0.25) is 15.9 Å². The van der Waals surface area contributed by atoms with Crippen LogP contribution in [0.2, 0.25) is 0 Å². The van der Waals surface area contributed by atoms with Gasteiger partial charge in [0.05, 0.1) is 11.8 Å². The zero-order valence-electron chi connectivity index (χ0n) is 12.8. The highest BCUT2D eigenvalue weighted by Gasteiger charge is 2.38. The Morgan fingerprint density at radius 2 is 2.18 bits per heavy atom. The van der Waals surface area contributed by atoms with Crippen LogP contribution in [0.1, 0.15) is 24.9 Å². The first-order chi connectivity index (χ1) is 10.4. The van der Waals surface area contributed by atoms with Gasteiger partial charge in [0.1, 0.15) is 0 Å². The molecule has 122 valence electrons. The van der Waals surface area contributed by atoms with E-state index in [0.29, 0.717) is 19.5 Å². The third-order valence-electron chi connectivity index (χ3n) is 3.85. The average Bonchev–Trinajstić information content (AvgIpc) is 2.79. The normalized spacial score (nSPS) is 22.3. The number of likely N-dealkylation sites (N-methyl/N-ethyl adjacent to an activating group) is 1. The van der Waals surface area contributed by atoms with Crippen molar-refractivity contribution in [3.63, 3.8) is 0 Å². The number of nitrogens with one attached hydrogen (secondary N) is 2. The third kappa shape index (κ3) is 4.02. The molecule has 1 fully saturated rings. The Kier molecular flexibility index (Phi) is 5.49. The number of hydrogen-bond acceptors (Lipinski definition) is 5. The number of amides is 1. The highest BCUT2D eigenvalue weighted by molar-refractivity contribution is 7.89. The van der Waals surface area contributed by atoms with Crippen molar-refractivity contribution in [2.45, 2.75) is 25.4 Å². The van der Waals surface area contributed by atoms with Crippen LogP contribution in [0.15, 0.2) is 24.5 Å². The van der Waals surface area contributed by atoms with Gasteiger partial charge >= 0.3 is 0 Å². The van der Waals surface area contributed by atoms with Crippen LogP contribution in [-0.2, 0) is 14.8 Å². The Labute approximate surface area is 131 Å². The topological polar surface area (TPSA) is 91.4 Å². The Morgan fingerprint density at radius 1 is 1.41 bits per heavy atom. The standard InChI is InChI=1S/C14H22N4O3S/c1-3-22(20,21)17-8-7-16-12-9-13(19)18(2)14(12)11-5-4-6-15-10-11/h4-6,10,12,14,16-17H,3,7-9H2,1-2H3/t12-,14+/m1/s1. The van der Waals surface area contributed by atoms with Gasteiger partial charge in [-0.25, -0.2) is 13.1 Å². The maximum absolute atomic E-state index is 12.0. The monoisotopic (exact) mass is 326 g/mol. The fourth-order valence-corrected chi connectivity index (χ4v) is 3.24. The quantitative estimate of drug-likeness (QED) is 0.682. The summed E-state index contributed by atoms with van der Waals surface area (Å²) in [6.45, 7) is 2.38. The molecule has 2 rings (SSSR count). The molecule has 22 heavy (non-hydrogen) atoms. The molecule has 2 heterocycles. The van der Waals surface area contributed by atoms with E-state index >= 15 is 0 Å². The van der Waals surface area contributed by atoms with E-state index in [4.69, 9.17) is 0 Å². The van der Waals surface area contributed by atoms with E-state index in [1.54, 1.807) is 31.3 Å². The van der Waals surface area contributed by atoms with Crippen molar-refractivity contribution in [3.8, 4) is 0 Å². The molecule has 2 atom stereocenters. The number of nitrogens with zero attached hydrogens (tertiary/aromatic N) is 2. The molecule has 0 radical (unpaired) electrons. The lowest BCUT2D eigenvalue weighted by Crippen LogP contribution is -2.40. The number of carbonyl (C=O) groups excluding carboxylic acids is 1. The number of sulfonamides is 1. The summed E-state index contributed by atoms with van der Waals surface area (Å²) < 4.78 is 25.3. The van der Waals surface area contributed by atoms with Crippen molar-refractivity contribution in [2.24, 2.45) is 0 Å². The molecule has 1 aromatic heterocycles. The maximum Gasteiger partial charge on any atom is 0.224 e. The molecule has 0 aliphatic carbocycles. The highest BCUT2D eigenvalue weighted by Crippen LogP contribution is 2.31. The van der Waals surface area contributed by atoms with Crippen LogP contribution in [0, 0.1) is 0 Å². The summed E-state index contributed by atoms with van der Waals surface area (Å²) >= 11 is 0. The van der Waals surface area contributed by atoms with Gasteiger partial charge in [0, 0.05) is 45.0 Å². The Balaban J connectivity index is 1.96. The molecule has 0 aromatic carbocycles. The Morgan fingerprint density at radius 3 is 2.82 bits per heavy atom. The molecule has 1 aliphatic rings. The lowest BCUT2D eigenvalue weighted by molar-refractivity contribution is -0.127. The summed E-state index contributed by atoms with van der Waals surface area (Å²) in [5.74, 6) is 0.135. The van der Waals surface area contributed by atoms with Crippen molar-refractivity contribution < 1.29 is 13.2 Å². The number of aromatic nitrogens is 1. The zero-order valence-corrected chi connectivity index (χ0v) is 13.6. The van der Waals surface area contributed by atoms with Gasteiger partial charge in [0.15, 0.2) is 0 Å². The Hall–Kier alpha value is -1.51. The zero-order chi connectivity index (χ0) is 16.2. The molecular weight excluding hydrogens is 304 g/mol. The van der Waals surface area contributed by atoms with Crippen LogP contribution < -0.4 is 10.0 Å². The second-order valence-electron chi connectivity index (χ2n) is 5.30. The summed E-state index contributed by atoms with van der Waals surface area (Å²) in [5.41, 5.74) is 0.975. The molecule has 0 saturated carbocycles. The van der Waals surface area contributed by atoms with E-state index in [1.165, 1.54) is 0 Å². The number of likely N-dealkylation sites (tertiary alicyclic amines) is 1. The summed E-state index contributed by atoms with van der Waals surface area (Å²) in [4.78, 5) is 17.8. The van der Waals surface area contributed by atoms with Crippen LogP contribution >= 0.6 is 0 Å². The molecule has 2 N–H and O–H groups in total. The van der Waals surface area contributed by atoms with E-state index < -0.39 is 10.0 Å². The van der Waals surface area contributed by atoms with Gasteiger partial charge in [-0.05, 0) is 18.6 Å². The minimum Gasteiger partial charge on any atom is -0.337 e. The van der Waals surface area contributed by atoms with E-state index in [2.05, 4.69) is 15.0 Å². The number of rotatable bonds is 7. The van der Waals surface area contributed by atoms with Gasteiger partial charge in [-0.15, -0.1) is 0 Å². The van der Waals surface area contributed by atoms with Crippen molar-refractivity contribution in [1.29, 1.82) is 0 Å². The van der Waals surface area contributed by atoms with Crippen molar-refractivity contribution >= 4 is 15.9 Å². The lowest BCUT2D eigenvalue weighted by Gasteiger charge is -2.25. The van der Waals surface area contributed by atoms with Gasteiger partial charge in [-0.3, -0.25) is 9.78 Å². The first kappa shape index (κ1) is 16.9. The SMILES string of the molecule is CCS(=O)(=O)NCCN[C@@H]1CC(=O)N(C)[C@H]1c1cccnc1. The molecular formula is C14H22N4O3S. The van der Waals surface area contributed by atoms with Crippen molar-refractivity contribution in [1.82, 2.24) is 19.9 Å². The second-order valence-corrected chi connectivity index (χ2v) is 7.39. The molecule has 8 heteroatoms. The van der Waals surface area contributed by atoms with Crippen LogP contribution in [-0.4, -0.2) is 56.1 Å². The van der Waals surface area contributed by atoms with Crippen LogP contribution in [0.3, 0.4) is 0 Å². The Bertz CT molecular complexity index is 606. The first-order valence-electron chi connectivity index (χ1n) is 7.31. The second kappa shape index (κ2) is 7.17. The molecule has 0 spiro atoms. The van der Waals surface area contributed by atoms with Gasteiger partial charge in [-0.2, -0.15) is 0 Å². The fourth-order valence-electron chi connectivity index (χ4n) is 2.63. The molecule has 0 bridgehead atoms. The summed E-state index contributed by atoms with van der Waals surface area (Å²) in [5, 5.41) is 3.27. The molecule has 7 nitrogen and oxygen atoms in total. The van der Waals surface area contributed by atoms with E-state index in [9.17, 15) is 13.2 Å². The predicted octanol–water partition coefficient (Wildman–Crippen LogP) is -0.118. The number of hydrogen-bond donors (Lipinski definition) is 2. The van der Waals surface area contributed by atoms with Crippen LogP contribution in [0.5, 0.6) is 0 Å². The minimum atomic E-state index is -3.18. The van der Waals surface area contributed by atoms with Gasteiger partial charge in [0.25, 0.3) is 0 Å². The lowest BCUT2D eigenvalue weighted by atomic mass is 10.0. The molecule has 1 saturated heterocycles. The fraction of sp³-hybridized carbons (Fsp3) is 0.571. The van der Waals surface area contributed by atoms with E-state index in [-0.39, 0.29) is 23.7 Å². The van der Waals surface area contributed by atoms with Gasteiger partial charge in [-0.1, -0.05) is 6.07 Å². The molecule has 0 unspecified atom stereocenters. The highest BCUT2D eigenvalue weighted by atomic mass is 32.2. The van der Waals surface area contributed by atoms with Crippen LogP contribution in [0.25, 0.3) is 0 Å². The number of pyridine rings is 1. The van der Waals surface area contributed by atoms with E-state index in [1.807, 2.05) is 12.1 Å². The van der Waals surface area contributed by atoms with Crippen molar-refractivity contribution in [2.75, 3.05) is 25.9 Å². The average molecular weight is 326 g/mol. The smallest absolute Gasteiger partial charge is 0.224 e. The first-order valence-corrected chi connectivity index (χ1v) is 8.96. The number of carbonyl (C=O) groups is 1. The maximum atomic E-state index is 12.0. The molecule has 1 amide bonds. The van der Waals surface area contributed by atoms with Gasteiger partial charge < -0.3 is 10.2 Å². The molecule has 1 aromatic rings. The third-order valence-corrected chi connectivity index (χ3v) is 5.25. The largest absolute Gasteiger partial charge is 0.337 e. The van der Waals surface area contributed by atoms with Crippen molar-refractivity contribution in [3.05, 3.63) is 30.1 Å².